The van der Waals surface area contributed by atoms with Crippen LogP contribution in [0.15, 0.2) is 18.2 Å². The largest absolute Gasteiger partial charge is 0.454 e. The van der Waals surface area contributed by atoms with Crippen molar-refractivity contribution < 1.29 is 23.9 Å². The van der Waals surface area contributed by atoms with E-state index in [0.29, 0.717) is 36.8 Å². The van der Waals surface area contributed by atoms with Crippen LogP contribution in [-0.2, 0) is 4.79 Å². The second kappa shape index (κ2) is 11.2. The van der Waals surface area contributed by atoms with Crippen molar-refractivity contribution in [1.29, 1.82) is 0 Å². The number of carbonyl (C=O) groups excluding carboxylic acids is 3. The number of carbonyl (C=O) groups is 3. The van der Waals surface area contributed by atoms with Crippen LogP contribution in [0.1, 0.15) is 51.7 Å². The Bertz CT molecular complexity index is 1120. The summed E-state index contributed by atoms with van der Waals surface area (Å²) < 4.78 is 10.6. The standard InChI is InChI=1S/C24H30N6O5S/c31-20(25-8-12-29-9-2-1-3-10-29)16-5-4-11-30(14-16)24(33)23-28-27-22(36-23)21(32)26-17-6-7-18-19(13-17)35-15-34-18/h6-7,13,16H,1-5,8-12,14-15H2,(H,25,31)(H,26,32)/t16-/m1/s1. The van der Waals surface area contributed by atoms with Gasteiger partial charge in [0, 0.05) is 37.9 Å². The van der Waals surface area contributed by atoms with Crippen molar-refractivity contribution in [2.24, 2.45) is 5.92 Å². The molecule has 4 heterocycles. The average molecular weight is 515 g/mol. The molecule has 2 aromatic rings. The lowest BCUT2D eigenvalue weighted by atomic mass is 9.97. The zero-order chi connectivity index (χ0) is 24.9. The second-order valence-corrected chi connectivity index (χ2v) is 10.2. The Hall–Kier alpha value is -3.25. The van der Waals surface area contributed by atoms with Crippen LogP contribution in [0.4, 0.5) is 5.69 Å². The monoisotopic (exact) mass is 514 g/mol. The molecule has 2 N–H and O–H groups in total. The summed E-state index contributed by atoms with van der Waals surface area (Å²) in [6.45, 7) is 4.72. The molecule has 11 nitrogen and oxygen atoms in total. The molecule has 0 unspecified atom stereocenters. The minimum Gasteiger partial charge on any atom is -0.454 e. The fourth-order valence-corrected chi connectivity index (χ4v) is 5.44. The summed E-state index contributed by atoms with van der Waals surface area (Å²) in [5.41, 5.74) is 0.525. The summed E-state index contributed by atoms with van der Waals surface area (Å²) in [7, 11) is 0. The van der Waals surface area contributed by atoms with Gasteiger partial charge in [-0.3, -0.25) is 14.4 Å². The smallest absolute Gasteiger partial charge is 0.286 e. The van der Waals surface area contributed by atoms with E-state index in [1.165, 1.54) is 19.3 Å². The first-order valence-corrected chi connectivity index (χ1v) is 13.2. The number of piperidine rings is 2. The van der Waals surface area contributed by atoms with Gasteiger partial charge in [0.1, 0.15) is 0 Å². The highest BCUT2D eigenvalue weighted by Gasteiger charge is 2.31. The van der Waals surface area contributed by atoms with Crippen LogP contribution in [0.3, 0.4) is 0 Å². The van der Waals surface area contributed by atoms with Crippen molar-refractivity contribution in [3.05, 3.63) is 28.2 Å². The maximum atomic E-state index is 13.0. The average Bonchev–Trinajstić information content (AvgIpc) is 3.59. The number of hydrogen-bond donors (Lipinski definition) is 2. The number of aromatic nitrogens is 2. The SMILES string of the molecule is O=C(Nc1ccc2c(c1)OCO2)c1nnc(C(=O)N2CCC[C@@H](C(=O)NCCN3CCCCC3)C2)s1. The normalized spacial score (nSPS) is 19.7. The van der Waals surface area contributed by atoms with Crippen molar-refractivity contribution in [2.45, 2.75) is 32.1 Å². The molecule has 0 saturated carbocycles. The number of rotatable bonds is 7. The van der Waals surface area contributed by atoms with E-state index in [0.717, 1.165) is 43.8 Å². The number of benzene rings is 1. The molecule has 0 spiro atoms. The summed E-state index contributed by atoms with van der Waals surface area (Å²) in [4.78, 5) is 42.4. The van der Waals surface area contributed by atoms with Gasteiger partial charge in [0.25, 0.3) is 11.8 Å². The lowest BCUT2D eigenvalue weighted by Gasteiger charge is -2.32. The van der Waals surface area contributed by atoms with Crippen molar-refractivity contribution in [3.63, 3.8) is 0 Å². The number of fused-ring (bicyclic) bond motifs is 1. The van der Waals surface area contributed by atoms with Gasteiger partial charge in [-0.15, -0.1) is 10.2 Å². The molecular formula is C24H30N6O5S. The van der Waals surface area contributed by atoms with Gasteiger partial charge in [0.15, 0.2) is 11.5 Å². The van der Waals surface area contributed by atoms with Crippen LogP contribution in [0, 0.1) is 5.92 Å². The number of amides is 3. The first-order valence-electron chi connectivity index (χ1n) is 12.4. The van der Waals surface area contributed by atoms with Crippen LogP contribution < -0.4 is 20.1 Å². The molecule has 2 saturated heterocycles. The summed E-state index contributed by atoms with van der Waals surface area (Å²) in [6, 6.07) is 5.08. The second-order valence-electron chi connectivity index (χ2n) is 9.22. The Morgan fingerprint density at radius 3 is 2.67 bits per heavy atom. The predicted molar refractivity (Wildman–Crippen MR) is 132 cm³/mol. The molecule has 0 radical (unpaired) electrons. The van der Waals surface area contributed by atoms with Crippen LogP contribution in [0.2, 0.25) is 0 Å². The number of likely N-dealkylation sites (tertiary alicyclic amines) is 2. The number of anilines is 1. The maximum Gasteiger partial charge on any atom is 0.286 e. The molecule has 1 aromatic carbocycles. The van der Waals surface area contributed by atoms with E-state index < -0.39 is 5.91 Å². The first kappa shape index (κ1) is 24.4. The Balaban J connectivity index is 1.12. The highest BCUT2D eigenvalue weighted by atomic mass is 32.1. The molecule has 3 amide bonds. The van der Waals surface area contributed by atoms with Crippen molar-refractivity contribution in [1.82, 2.24) is 25.3 Å². The maximum absolute atomic E-state index is 13.0. The molecule has 36 heavy (non-hydrogen) atoms. The molecule has 12 heteroatoms. The fraction of sp³-hybridized carbons (Fsp3) is 0.542. The van der Waals surface area contributed by atoms with Crippen LogP contribution in [-0.4, -0.2) is 83.8 Å². The Labute approximate surface area is 213 Å². The molecular weight excluding hydrogens is 484 g/mol. The van der Waals surface area contributed by atoms with Gasteiger partial charge < -0.3 is 29.9 Å². The topological polar surface area (TPSA) is 126 Å². The van der Waals surface area contributed by atoms with Gasteiger partial charge in [0.2, 0.25) is 22.7 Å². The minimum absolute atomic E-state index is 0.00874. The zero-order valence-electron chi connectivity index (χ0n) is 20.0. The number of nitrogens with one attached hydrogen (secondary N) is 2. The molecule has 0 bridgehead atoms. The summed E-state index contributed by atoms with van der Waals surface area (Å²) in [5.74, 6) is 0.148. The van der Waals surface area contributed by atoms with Crippen LogP contribution in [0.25, 0.3) is 0 Å². The third kappa shape index (κ3) is 5.76. The van der Waals surface area contributed by atoms with Crippen molar-refractivity contribution >= 4 is 34.7 Å². The lowest BCUT2D eigenvalue weighted by Crippen LogP contribution is -2.46. The van der Waals surface area contributed by atoms with Gasteiger partial charge in [-0.25, -0.2) is 0 Å². The van der Waals surface area contributed by atoms with E-state index in [1.54, 1.807) is 23.1 Å². The molecule has 1 atom stereocenters. The molecule has 0 aliphatic carbocycles. The number of ether oxygens (including phenoxy) is 2. The van der Waals surface area contributed by atoms with E-state index >= 15 is 0 Å². The Morgan fingerprint density at radius 2 is 1.81 bits per heavy atom. The Morgan fingerprint density at radius 1 is 1.00 bits per heavy atom. The summed E-state index contributed by atoms with van der Waals surface area (Å²) in [6.07, 6.45) is 5.22. The van der Waals surface area contributed by atoms with Crippen LogP contribution >= 0.6 is 11.3 Å². The van der Waals surface area contributed by atoms with Gasteiger partial charge in [-0.1, -0.05) is 17.8 Å². The third-order valence-electron chi connectivity index (χ3n) is 6.69. The van der Waals surface area contributed by atoms with E-state index in [9.17, 15) is 14.4 Å². The summed E-state index contributed by atoms with van der Waals surface area (Å²) >= 11 is 0.939. The van der Waals surface area contributed by atoms with Crippen molar-refractivity contribution in [2.75, 3.05) is 51.4 Å². The third-order valence-corrected chi connectivity index (χ3v) is 7.60. The van der Waals surface area contributed by atoms with Gasteiger partial charge in [0.05, 0.1) is 5.92 Å². The molecule has 5 rings (SSSR count). The highest BCUT2D eigenvalue weighted by molar-refractivity contribution is 7.15. The Kier molecular flexibility index (Phi) is 7.61. The molecule has 192 valence electrons. The van der Waals surface area contributed by atoms with Gasteiger partial charge >= 0.3 is 0 Å². The van der Waals surface area contributed by atoms with Gasteiger partial charge in [-0.05, 0) is 50.9 Å². The van der Waals surface area contributed by atoms with E-state index in [-0.39, 0.29) is 34.5 Å². The lowest BCUT2D eigenvalue weighted by molar-refractivity contribution is -0.126. The molecule has 1 aromatic heterocycles. The van der Waals surface area contributed by atoms with E-state index in [4.69, 9.17) is 9.47 Å². The predicted octanol–water partition coefficient (Wildman–Crippen LogP) is 1.97. The van der Waals surface area contributed by atoms with E-state index in [1.807, 2.05) is 0 Å². The summed E-state index contributed by atoms with van der Waals surface area (Å²) in [5, 5.41) is 13.9. The zero-order valence-corrected chi connectivity index (χ0v) is 20.8. The molecule has 3 aliphatic heterocycles. The quantitative estimate of drug-likeness (QED) is 0.575. The van der Waals surface area contributed by atoms with Gasteiger partial charge in [-0.2, -0.15) is 0 Å². The number of hydrogen-bond acceptors (Lipinski definition) is 9. The van der Waals surface area contributed by atoms with Crippen molar-refractivity contribution in [3.8, 4) is 11.5 Å². The number of nitrogens with zero attached hydrogens (tertiary/aromatic N) is 4. The first-order chi connectivity index (χ1) is 17.6. The van der Waals surface area contributed by atoms with Crippen LogP contribution in [0.5, 0.6) is 11.5 Å². The van der Waals surface area contributed by atoms with E-state index in [2.05, 4.69) is 25.7 Å². The highest BCUT2D eigenvalue weighted by Crippen LogP contribution is 2.34. The fourth-order valence-electron chi connectivity index (χ4n) is 4.74. The molecule has 3 aliphatic rings. The molecule has 2 fully saturated rings. The minimum atomic E-state index is -0.463.